The van der Waals surface area contributed by atoms with Gasteiger partial charge in [0.1, 0.15) is 0 Å². The third-order valence-electron chi connectivity index (χ3n) is 4.46. The number of pyridine rings is 1. The van der Waals surface area contributed by atoms with E-state index in [1.54, 1.807) is 6.20 Å². The van der Waals surface area contributed by atoms with E-state index < -0.39 is 6.09 Å². The second-order valence-electron chi connectivity index (χ2n) is 6.04. The van der Waals surface area contributed by atoms with Crippen LogP contribution in [0.2, 0.25) is 0 Å². The van der Waals surface area contributed by atoms with Gasteiger partial charge in [0.25, 0.3) is 5.91 Å². The van der Waals surface area contributed by atoms with Crippen molar-refractivity contribution in [2.45, 2.75) is 12.5 Å². The Morgan fingerprint density at radius 3 is 2.96 bits per heavy atom. The van der Waals surface area contributed by atoms with Gasteiger partial charge in [0, 0.05) is 25.2 Å². The van der Waals surface area contributed by atoms with E-state index in [0.717, 1.165) is 36.0 Å². The van der Waals surface area contributed by atoms with E-state index in [9.17, 15) is 9.59 Å². The first-order valence-corrected chi connectivity index (χ1v) is 8.37. The second kappa shape index (κ2) is 7.94. The molecule has 2 heterocycles. The number of ether oxygens (including phenoxy) is 1. The molecule has 7 nitrogen and oxygen atoms in total. The minimum absolute atomic E-state index is 0.214. The fourth-order valence-corrected chi connectivity index (χ4v) is 3.13. The molecule has 1 aliphatic heterocycles. The molecule has 3 rings (SSSR count). The number of carbonyl (C=O) groups is 2. The van der Waals surface area contributed by atoms with Crippen molar-refractivity contribution >= 4 is 22.8 Å². The van der Waals surface area contributed by atoms with Crippen LogP contribution in [0.25, 0.3) is 10.8 Å². The van der Waals surface area contributed by atoms with Crippen LogP contribution in [0.5, 0.6) is 0 Å². The standard InChI is InChI=1S/C18H22N4O3/c1-19-15(23)11-25-18(24)22-16(13-6-8-20-10-13)17-14-5-3-2-4-12(14)7-9-21-17/h2-5,7,9,13,16,20H,6,8,10-11H2,1H3,(H,19,23)(H,22,24). The monoisotopic (exact) mass is 342 g/mol. The number of carbonyl (C=O) groups excluding carboxylic acids is 2. The summed E-state index contributed by atoms with van der Waals surface area (Å²) in [6.07, 6.45) is 2.07. The molecule has 2 unspecified atom stereocenters. The first-order valence-electron chi connectivity index (χ1n) is 8.37. The zero-order chi connectivity index (χ0) is 17.6. The van der Waals surface area contributed by atoms with Crippen molar-refractivity contribution < 1.29 is 14.3 Å². The van der Waals surface area contributed by atoms with Crippen LogP contribution < -0.4 is 16.0 Å². The molecule has 0 spiro atoms. The van der Waals surface area contributed by atoms with E-state index in [4.69, 9.17) is 4.74 Å². The largest absolute Gasteiger partial charge is 0.439 e. The van der Waals surface area contributed by atoms with Gasteiger partial charge < -0.3 is 20.7 Å². The lowest BCUT2D eigenvalue weighted by atomic mass is 9.93. The van der Waals surface area contributed by atoms with Crippen molar-refractivity contribution in [3.8, 4) is 0 Å². The lowest BCUT2D eigenvalue weighted by Crippen LogP contribution is -2.37. The average Bonchev–Trinajstić information content (AvgIpc) is 3.18. The zero-order valence-electron chi connectivity index (χ0n) is 14.1. The lowest BCUT2D eigenvalue weighted by Gasteiger charge is -2.24. The van der Waals surface area contributed by atoms with Crippen LogP contribution >= 0.6 is 0 Å². The minimum Gasteiger partial charge on any atom is -0.439 e. The molecular weight excluding hydrogens is 320 g/mol. The maximum Gasteiger partial charge on any atom is 0.408 e. The van der Waals surface area contributed by atoms with E-state index in [1.165, 1.54) is 7.05 Å². The van der Waals surface area contributed by atoms with E-state index in [2.05, 4.69) is 20.9 Å². The third kappa shape index (κ3) is 4.06. The Bertz CT molecular complexity index is 754. The topological polar surface area (TPSA) is 92.3 Å². The molecule has 25 heavy (non-hydrogen) atoms. The van der Waals surface area contributed by atoms with Crippen LogP contribution in [0.3, 0.4) is 0 Å². The molecule has 7 heteroatoms. The van der Waals surface area contributed by atoms with E-state index >= 15 is 0 Å². The molecule has 2 aromatic rings. The zero-order valence-corrected chi connectivity index (χ0v) is 14.1. The number of hydrogen-bond acceptors (Lipinski definition) is 5. The molecule has 0 aliphatic carbocycles. The van der Waals surface area contributed by atoms with E-state index in [1.807, 2.05) is 30.3 Å². The maximum atomic E-state index is 12.2. The van der Waals surface area contributed by atoms with Gasteiger partial charge in [-0.15, -0.1) is 0 Å². The Hall–Kier alpha value is -2.67. The van der Waals surface area contributed by atoms with Gasteiger partial charge in [-0.2, -0.15) is 0 Å². The summed E-state index contributed by atoms with van der Waals surface area (Å²) in [5.74, 6) is -0.136. The molecule has 0 bridgehead atoms. The van der Waals surface area contributed by atoms with Gasteiger partial charge in [-0.3, -0.25) is 9.78 Å². The molecule has 2 atom stereocenters. The summed E-state index contributed by atoms with van der Waals surface area (Å²) >= 11 is 0. The first kappa shape index (κ1) is 17.2. The van der Waals surface area contributed by atoms with Gasteiger partial charge in [0.05, 0.1) is 11.7 Å². The third-order valence-corrected chi connectivity index (χ3v) is 4.46. The summed E-state index contributed by atoms with van der Waals surface area (Å²) in [6.45, 7) is 1.40. The summed E-state index contributed by atoms with van der Waals surface area (Å²) in [7, 11) is 1.50. The average molecular weight is 342 g/mol. The number of aromatic nitrogens is 1. The van der Waals surface area contributed by atoms with Crippen molar-refractivity contribution in [1.29, 1.82) is 0 Å². The van der Waals surface area contributed by atoms with Gasteiger partial charge in [-0.05, 0) is 30.3 Å². The fraction of sp³-hybridized carbons (Fsp3) is 0.389. The number of fused-ring (bicyclic) bond motifs is 1. The minimum atomic E-state index is -0.616. The summed E-state index contributed by atoms with van der Waals surface area (Å²) < 4.78 is 5.01. The van der Waals surface area contributed by atoms with Gasteiger partial charge in [-0.1, -0.05) is 24.3 Å². The molecule has 1 fully saturated rings. The Labute approximate surface area is 146 Å². The van der Waals surface area contributed by atoms with Gasteiger partial charge in [0.15, 0.2) is 6.61 Å². The number of nitrogens with zero attached hydrogens (tertiary/aromatic N) is 1. The van der Waals surface area contributed by atoms with Crippen LogP contribution in [0, 0.1) is 5.92 Å². The highest BCUT2D eigenvalue weighted by molar-refractivity contribution is 5.85. The number of rotatable bonds is 5. The van der Waals surface area contributed by atoms with Crippen LogP contribution in [0.1, 0.15) is 18.2 Å². The lowest BCUT2D eigenvalue weighted by molar-refractivity contribution is -0.123. The number of likely N-dealkylation sites (N-methyl/N-ethyl adjacent to an activating group) is 1. The van der Waals surface area contributed by atoms with Crippen LogP contribution in [0.15, 0.2) is 36.5 Å². The molecule has 1 aromatic carbocycles. The summed E-state index contributed by atoms with van der Waals surface area (Å²) in [5.41, 5.74) is 0.823. The molecule has 3 N–H and O–H groups in total. The smallest absolute Gasteiger partial charge is 0.408 e. The quantitative estimate of drug-likeness (QED) is 0.763. The molecule has 132 valence electrons. The predicted molar refractivity (Wildman–Crippen MR) is 94.0 cm³/mol. The Morgan fingerprint density at radius 1 is 1.36 bits per heavy atom. The van der Waals surface area contributed by atoms with Gasteiger partial charge in [-0.25, -0.2) is 4.79 Å². The van der Waals surface area contributed by atoms with Crippen molar-refractivity contribution in [1.82, 2.24) is 20.9 Å². The maximum absolute atomic E-state index is 12.2. The van der Waals surface area contributed by atoms with Gasteiger partial charge >= 0.3 is 6.09 Å². The summed E-state index contributed by atoms with van der Waals surface area (Å²) in [6, 6.07) is 9.63. The molecule has 1 saturated heterocycles. The van der Waals surface area contributed by atoms with Crippen molar-refractivity contribution in [2.24, 2.45) is 5.92 Å². The second-order valence-corrected chi connectivity index (χ2v) is 6.04. The number of amides is 2. The Kier molecular flexibility index (Phi) is 5.45. The SMILES string of the molecule is CNC(=O)COC(=O)NC(c1nccc2ccccc12)C1CCNC1. The Morgan fingerprint density at radius 2 is 2.20 bits per heavy atom. The van der Waals surface area contributed by atoms with E-state index in [0.29, 0.717) is 0 Å². The van der Waals surface area contributed by atoms with Crippen molar-refractivity contribution in [3.63, 3.8) is 0 Å². The molecule has 0 saturated carbocycles. The summed E-state index contributed by atoms with van der Waals surface area (Å²) in [4.78, 5) is 28.0. The number of benzene rings is 1. The molecule has 0 radical (unpaired) electrons. The first-order chi connectivity index (χ1) is 12.2. The highest BCUT2D eigenvalue weighted by atomic mass is 16.6. The summed E-state index contributed by atoms with van der Waals surface area (Å²) in [5, 5.41) is 10.7. The fourth-order valence-electron chi connectivity index (χ4n) is 3.13. The highest BCUT2D eigenvalue weighted by Crippen LogP contribution is 2.30. The number of hydrogen-bond donors (Lipinski definition) is 3. The van der Waals surface area contributed by atoms with E-state index in [-0.39, 0.29) is 24.5 Å². The highest BCUT2D eigenvalue weighted by Gasteiger charge is 2.30. The number of nitrogens with one attached hydrogen (secondary N) is 3. The Balaban J connectivity index is 1.84. The molecular formula is C18H22N4O3. The van der Waals surface area contributed by atoms with Gasteiger partial charge in [0.2, 0.25) is 0 Å². The van der Waals surface area contributed by atoms with Crippen LogP contribution in [-0.2, 0) is 9.53 Å². The predicted octanol–water partition coefficient (Wildman–Crippen LogP) is 1.36. The van der Waals surface area contributed by atoms with Crippen LogP contribution in [0.4, 0.5) is 4.79 Å². The van der Waals surface area contributed by atoms with Crippen molar-refractivity contribution in [2.75, 3.05) is 26.7 Å². The molecule has 2 amide bonds. The van der Waals surface area contributed by atoms with Crippen molar-refractivity contribution in [3.05, 3.63) is 42.2 Å². The van der Waals surface area contributed by atoms with Crippen LogP contribution in [-0.4, -0.2) is 43.7 Å². The normalized spacial score (nSPS) is 17.9. The molecule has 1 aromatic heterocycles. The number of alkyl carbamates (subject to hydrolysis) is 1. The molecule has 1 aliphatic rings.